The molecular weight excluding hydrogens is 695 g/mol. The molecule has 0 N–H and O–H groups in total. The summed E-state index contributed by atoms with van der Waals surface area (Å²) in [6, 6.07) is 59.8. The fraction of sp³-hybridized carbons (Fsp3) is 0.0377. The third kappa shape index (κ3) is 5.99. The van der Waals surface area contributed by atoms with Crippen molar-refractivity contribution in [3.63, 3.8) is 0 Å². The first-order chi connectivity index (χ1) is 28.2. The van der Waals surface area contributed by atoms with E-state index < -0.39 is 0 Å². The van der Waals surface area contributed by atoms with Crippen LogP contribution in [0.2, 0.25) is 0 Å². The van der Waals surface area contributed by atoms with Crippen LogP contribution in [0.15, 0.2) is 199 Å². The zero-order valence-corrected chi connectivity index (χ0v) is 31.0. The maximum atomic E-state index is 6.92. The predicted octanol–water partition coefficient (Wildman–Crippen LogP) is 14.0. The van der Waals surface area contributed by atoms with Crippen LogP contribution in [0.25, 0.3) is 99.9 Å². The van der Waals surface area contributed by atoms with Gasteiger partial charge in [-0.15, -0.1) is 0 Å². The molecule has 8 aromatic carbocycles. The number of hydrogen-bond acceptors (Lipinski definition) is 4. The summed E-state index contributed by atoms with van der Waals surface area (Å²) in [5, 5.41) is 6.86. The molecule has 0 saturated heterocycles. The van der Waals surface area contributed by atoms with Gasteiger partial charge in [-0.2, -0.15) is 0 Å². The lowest BCUT2D eigenvalue weighted by Crippen LogP contribution is -2.00. The van der Waals surface area contributed by atoms with E-state index in [1.165, 1.54) is 21.9 Å². The first-order valence-corrected chi connectivity index (χ1v) is 19.4. The number of hydrogen-bond donors (Lipinski definition) is 0. The predicted molar refractivity (Wildman–Crippen MR) is 235 cm³/mol. The molecule has 0 amide bonds. The average molecular weight is 730 g/mol. The molecule has 2 aromatic heterocycles. The first-order valence-electron chi connectivity index (χ1n) is 19.4. The van der Waals surface area contributed by atoms with Gasteiger partial charge in [0.25, 0.3) is 0 Å². The van der Waals surface area contributed by atoms with Gasteiger partial charge in [0.2, 0.25) is 0 Å². The molecule has 11 rings (SSSR count). The highest BCUT2D eigenvalue weighted by Crippen LogP contribution is 2.43. The van der Waals surface area contributed by atoms with Crippen molar-refractivity contribution in [2.45, 2.75) is 12.3 Å². The van der Waals surface area contributed by atoms with Crippen LogP contribution in [-0.2, 0) is 0 Å². The minimum Gasteiger partial charge on any atom is -0.455 e. The van der Waals surface area contributed by atoms with Crippen LogP contribution in [0.5, 0.6) is 0 Å². The summed E-state index contributed by atoms with van der Waals surface area (Å²) in [5.74, 6) is 2.11. The van der Waals surface area contributed by atoms with Gasteiger partial charge in [-0.1, -0.05) is 170 Å². The molecule has 268 valence electrons. The van der Waals surface area contributed by atoms with Crippen molar-refractivity contribution in [3.05, 3.63) is 200 Å². The van der Waals surface area contributed by atoms with Gasteiger partial charge in [-0.3, -0.25) is 0 Å². The standard InChI is InChI=1S/C53H35N3O/c1-3-12-34(13-4-1)40-20-11-21-44(31-40)45-28-29-46(50-49(45)47-32-41-18-9-10-19-42(41)33-48(47)57-50)53-55-51(37-15-5-2-6-16-37)54-52(56-53)38-25-22-36(23-26-38)43-27-24-35-14-7-8-17-39(35)30-43/h1-12,14-34H,13H2. The van der Waals surface area contributed by atoms with Crippen LogP contribution in [0, 0.1) is 0 Å². The van der Waals surface area contributed by atoms with Gasteiger partial charge < -0.3 is 4.42 Å². The van der Waals surface area contributed by atoms with E-state index in [1.807, 2.05) is 30.3 Å². The van der Waals surface area contributed by atoms with Crippen LogP contribution in [-0.4, -0.2) is 15.0 Å². The van der Waals surface area contributed by atoms with Gasteiger partial charge >= 0.3 is 0 Å². The van der Waals surface area contributed by atoms with E-state index in [9.17, 15) is 0 Å². The molecule has 4 nitrogen and oxygen atoms in total. The zero-order chi connectivity index (χ0) is 37.7. The Kier molecular flexibility index (Phi) is 7.92. The van der Waals surface area contributed by atoms with Crippen LogP contribution < -0.4 is 0 Å². The molecule has 0 saturated carbocycles. The molecule has 1 aliphatic carbocycles. The quantitative estimate of drug-likeness (QED) is 0.171. The Morgan fingerprint density at radius 1 is 0.439 bits per heavy atom. The molecule has 0 radical (unpaired) electrons. The van der Waals surface area contributed by atoms with Gasteiger partial charge in [0.1, 0.15) is 11.2 Å². The van der Waals surface area contributed by atoms with Crippen molar-refractivity contribution in [1.82, 2.24) is 15.0 Å². The number of rotatable bonds is 6. The van der Waals surface area contributed by atoms with Crippen LogP contribution in [0.4, 0.5) is 0 Å². The lowest BCUT2D eigenvalue weighted by Gasteiger charge is -2.15. The number of allylic oxidation sites excluding steroid dienone is 4. The Morgan fingerprint density at radius 3 is 1.84 bits per heavy atom. The summed E-state index contributed by atoms with van der Waals surface area (Å²) in [7, 11) is 0. The number of benzene rings is 8. The molecule has 57 heavy (non-hydrogen) atoms. The zero-order valence-electron chi connectivity index (χ0n) is 31.0. The Hall–Kier alpha value is -7.43. The molecule has 2 heterocycles. The molecule has 1 unspecified atom stereocenters. The van der Waals surface area contributed by atoms with Crippen molar-refractivity contribution >= 4 is 43.5 Å². The van der Waals surface area contributed by atoms with Gasteiger partial charge in [-0.25, -0.2) is 15.0 Å². The molecule has 10 aromatic rings. The van der Waals surface area contributed by atoms with Gasteiger partial charge in [0, 0.05) is 27.8 Å². The molecule has 1 atom stereocenters. The number of aromatic nitrogens is 3. The lowest BCUT2D eigenvalue weighted by molar-refractivity contribution is 0.670. The maximum Gasteiger partial charge on any atom is 0.167 e. The molecule has 1 aliphatic rings. The van der Waals surface area contributed by atoms with Crippen molar-refractivity contribution in [2.24, 2.45) is 0 Å². The molecule has 4 heteroatoms. The fourth-order valence-electron chi connectivity index (χ4n) is 8.27. The fourth-order valence-corrected chi connectivity index (χ4v) is 8.27. The van der Waals surface area contributed by atoms with Crippen LogP contribution >= 0.6 is 0 Å². The summed E-state index contributed by atoms with van der Waals surface area (Å²) in [5.41, 5.74) is 10.1. The first kappa shape index (κ1) is 33.0. The van der Waals surface area contributed by atoms with E-state index >= 15 is 0 Å². The molecule has 0 fully saturated rings. The van der Waals surface area contributed by atoms with Crippen molar-refractivity contribution in [1.29, 1.82) is 0 Å². The SMILES string of the molecule is C1=CCC(c2cccc(-c3ccc(-c4nc(-c5ccccc5)nc(-c5ccc(-c6ccc7ccccc7c6)cc5)n4)c4oc5cc6ccccc6cc5c34)c2)C=C1. The third-order valence-electron chi connectivity index (χ3n) is 11.2. The topological polar surface area (TPSA) is 51.8 Å². The second-order valence-electron chi connectivity index (χ2n) is 14.8. The molecular formula is C53H35N3O. The number of nitrogens with zero attached hydrogens (tertiary/aromatic N) is 3. The van der Waals surface area contributed by atoms with Crippen molar-refractivity contribution in [3.8, 4) is 56.4 Å². The minimum atomic E-state index is 0.344. The minimum absolute atomic E-state index is 0.344. The van der Waals surface area contributed by atoms with E-state index in [0.717, 1.165) is 72.5 Å². The van der Waals surface area contributed by atoms with E-state index in [1.54, 1.807) is 0 Å². The van der Waals surface area contributed by atoms with Gasteiger partial charge in [0.15, 0.2) is 17.5 Å². The molecule has 0 aliphatic heterocycles. The van der Waals surface area contributed by atoms with Crippen molar-refractivity contribution < 1.29 is 4.42 Å². The second-order valence-corrected chi connectivity index (χ2v) is 14.8. The number of fused-ring (bicyclic) bond motifs is 5. The Bertz CT molecular complexity index is 3210. The van der Waals surface area contributed by atoms with Gasteiger partial charge in [0.05, 0.1) is 5.56 Å². The number of furan rings is 1. The van der Waals surface area contributed by atoms with E-state index in [-0.39, 0.29) is 0 Å². The highest BCUT2D eigenvalue weighted by Gasteiger charge is 2.22. The smallest absolute Gasteiger partial charge is 0.167 e. The summed E-state index contributed by atoms with van der Waals surface area (Å²) in [6.45, 7) is 0. The Balaban J connectivity index is 1.09. The van der Waals surface area contributed by atoms with Crippen LogP contribution in [0.3, 0.4) is 0 Å². The highest BCUT2D eigenvalue weighted by molar-refractivity contribution is 6.18. The summed E-state index contributed by atoms with van der Waals surface area (Å²) >= 11 is 0. The highest BCUT2D eigenvalue weighted by atomic mass is 16.3. The summed E-state index contributed by atoms with van der Waals surface area (Å²) in [6.07, 6.45) is 9.80. The average Bonchev–Trinajstić information content (AvgIpc) is 3.66. The largest absolute Gasteiger partial charge is 0.455 e. The van der Waals surface area contributed by atoms with Crippen molar-refractivity contribution in [2.75, 3.05) is 0 Å². The van der Waals surface area contributed by atoms with E-state index in [2.05, 4.69) is 164 Å². The second kappa shape index (κ2) is 13.7. The Labute approximate surface area is 330 Å². The van der Waals surface area contributed by atoms with Crippen LogP contribution in [0.1, 0.15) is 17.9 Å². The molecule has 0 bridgehead atoms. The van der Waals surface area contributed by atoms with E-state index in [0.29, 0.717) is 23.4 Å². The van der Waals surface area contributed by atoms with E-state index in [4.69, 9.17) is 19.4 Å². The third-order valence-corrected chi connectivity index (χ3v) is 11.2. The maximum absolute atomic E-state index is 6.92. The van der Waals surface area contributed by atoms with Gasteiger partial charge in [-0.05, 0) is 80.0 Å². The summed E-state index contributed by atoms with van der Waals surface area (Å²) < 4.78 is 6.92. The normalized spacial score (nSPS) is 13.9. The monoisotopic (exact) mass is 729 g/mol. The summed E-state index contributed by atoms with van der Waals surface area (Å²) in [4.78, 5) is 15.4. The lowest BCUT2D eigenvalue weighted by atomic mass is 9.89. The Morgan fingerprint density at radius 2 is 1.07 bits per heavy atom. The molecule has 0 spiro atoms.